The van der Waals surface area contributed by atoms with Crippen molar-refractivity contribution in [2.75, 3.05) is 119 Å². The number of rotatable bonds is 16. The third-order valence-corrected chi connectivity index (χ3v) is 12.3. The Labute approximate surface area is 438 Å². The molecule has 72 heavy (non-hydrogen) atoms. The lowest BCUT2D eigenvalue weighted by molar-refractivity contribution is 0.0405. The lowest BCUT2D eigenvalue weighted by Gasteiger charge is -2.24. The Hall–Kier alpha value is -4.30. The Bertz CT molecular complexity index is 1730. The maximum absolute atomic E-state index is 5.27. The number of unbranched alkanes of at least 4 members (excludes halogenated alkanes) is 3. The highest BCUT2D eigenvalue weighted by Gasteiger charge is 2.08. The van der Waals surface area contributed by atoms with Crippen molar-refractivity contribution < 1.29 is 14.2 Å². The van der Waals surface area contributed by atoms with Gasteiger partial charge in [-0.1, -0.05) is 191 Å². The van der Waals surface area contributed by atoms with E-state index in [2.05, 4.69) is 191 Å². The van der Waals surface area contributed by atoms with Crippen LogP contribution in [0.25, 0.3) is 0 Å². The first-order chi connectivity index (χ1) is 35.6. The van der Waals surface area contributed by atoms with Crippen molar-refractivity contribution in [1.29, 1.82) is 0 Å². The summed E-state index contributed by atoms with van der Waals surface area (Å²) in [6.07, 6.45) is 10.5. The minimum atomic E-state index is 0.861. The molecule has 4 aliphatic rings. The summed E-state index contributed by atoms with van der Waals surface area (Å²) in [5.74, 6) is 0. The molecule has 398 valence electrons. The predicted octanol–water partition coefficient (Wildman–Crippen LogP) is 10.1. The molecule has 10 nitrogen and oxygen atoms in total. The number of piperidine rings is 1. The van der Waals surface area contributed by atoms with Gasteiger partial charge >= 0.3 is 0 Å². The van der Waals surface area contributed by atoms with E-state index < -0.39 is 0 Å². The second kappa shape index (κ2) is 45.3. The first kappa shape index (κ1) is 62.0. The van der Waals surface area contributed by atoms with Crippen molar-refractivity contribution in [2.24, 2.45) is 5.73 Å². The van der Waals surface area contributed by atoms with Crippen molar-refractivity contribution in [3.8, 4) is 0 Å². The van der Waals surface area contributed by atoms with Crippen LogP contribution in [-0.2, 0) is 46.8 Å². The summed E-state index contributed by atoms with van der Waals surface area (Å²) in [7, 11) is 2.11. The van der Waals surface area contributed by atoms with Gasteiger partial charge in [0.15, 0.2) is 0 Å². The van der Waals surface area contributed by atoms with E-state index in [-0.39, 0.29) is 0 Å². The lowest BCUT2D eigenvalue weighted by Crippen LogP contribution is -2.35. The molecule has 10 heteroatoms. The highest BCUT2D eigenvalue weighted by molar-refractivity contribution is 5.19. The van der Waals surface area contributed by atoms with Crippen LogP contribution < -0.4 is 21.7 Å². The number of hydrogen-bond donors (Lipinski definition) is 4. The minimum absolute atomic E-state index is 0.861. The van der Waals surface area contributed by atoms with Crippen LogP contribution in [0.1, 0.15) is 86.6 Å². The van der Waals surface area contributed by atoms with Gasteiger partial charge < -0.3 is 40.8 Å². The summed E-state index contributed by atoms with van der Waals surface area (Å²) in [6, 6.07) is 53.1. The van der Waals surface area contributed by atoms with Crippen LogP contribution >= 0.6 is 0 Å². The molecule has 4 fully saturated rings. The Morgan fingerprint density at radius 3 is 1.22 bits per heavy atom. The van der Waals surface area contributed by atoms with Gasteiger partial charge in [0.1, 0.15) is 0 Å². The number of nitrogens with zero attached hydrogens (tertiary/aromatic N) is 3. The van der Waals surface area contributed by atoms with Crippen molar-refractivity contribution in [3.05, 3.63) is 179 Å². The molecule has 0 atom stereocenters. The molecule has 0 aliphatic carbocycles. The summed E-state index contributed by atoms with van der Waals surface area (Å²) in [5.41, 5.74) is 12.1. The van der Waals surface area contributed by atoms with Crippen LogP contribution in [0.3, 0.4) is 0 Å². The summed E-state index contributed by atoms with van der Waals surface area (Å²) in [4.78, 5) is 7.19. The molecule has 0 bridgehead atoms. The van der Waals surface area contributed by atoms with Crippen LogP contribution in [0.5, 0.6) is 0 Å². The quantitative estimate of drug-likeness (QED) is 0.0716. The Balaban J connectivity index is 0.000000240. The zero-order chi connectivity index (χ0) is 51.0. The van der Waals surface area contributed by atoms with Crippen LogP contribution in [0, 0.1) is 0 Å². The van der Waals surface area contributed by atoms with E-state index in [0.717, 1.165) is 125 Å². The number of nitrogens with one attached hydrogen (secondary N) is 3. The van der Waals surface area contributed by atoms with Crippen LogP contribution in [-0.4, -0.2) is 133 Å². The molecule has 0 saturated carbocycles. The number of likely N-dealkylation sites (N-methyl/N-ethyl adjacent to an activating group) is 2. The molecular weight excluding hydrogens is 891 g/mol. The third-order valence-electron chi connectivity index (χ3n) is 12.3. The van der Waals surface area contributed by atoms with Gasteiger partial charge in [0.2, 0.25) is 0 Å². The van der Waals surface area contributed by atoms with E-state index in [4.69, 9.17) is 19.9 Å². The molecule has 0 spiro atoms. The van der Waals surface area contributed by atoms with Crippen LogP contribution in [0.15, 0.2) is 152 Å². The first-order valence-electron chi connectivity index (χ1n) is 27.5. The average Bonchev–Trinajstić information content (AvgIpc) is 3.46. The summed E-state index contributed by atoms with van der Waals surface area (Å²) in [6.45, 7) is 25.8. The molecule has 0 aromatic heterocycles. The van der Waals surface area contributed by atoms with E-state index in [9.17, 15) is 0 Å². The van der Waals surface area contributed by atoms with Gasteiger partial charge in [0.25, 0.3) is 0 Å². The molecule has 5 N–H and O–H groups in total. The Kier molecular flexibility index (Phi) is 39.0. The van der Waals surface area contributed by atoms with E-state index in [1.165, 1.54) is 92.4 Å². The number of nitrogens with two attached hydrogens (primary N) is 1. The van der Waals surface area contributed by atoms with Gasteiger partial charge in [-0.25, -0.2) is 0 Å². The zero-order valence-corrected chi connectivity index (χ0v) is 45.1. The van der Waals surface area contributed by atoms with Gasteiger partial charge in [-0.05, 0) is 86.7 Å². The van der Waals surface area contributed by atoms with E-state index in [0.29, 0.717) is 0 Å². The average molecular weight is 989 g/mol. The highest BCUT2D eigenvalue weighted by atomic mass is 16.5. The molecule has 0 amide bonds. The minimum Gasteiger partial charge on any atom is -0.379 e. The molecule has 9 rings (SSSR count). The first-order valence-corrected chi connectivity index (χ1v) is 27.5. The molecule has 4 heterocycles. The monoisotopic (exact) mass is 988 g/mol. The number of hydrogen-bond acceptors (Lipinski definition) is 10. The van der Waals surface area contributed by atoms with Crippen molar-refractivity contribution in [2.45, 2.75) is 91.4 Å². The molecule has 4 saturated heterocycles. The number of morpholine rings is 3. The Morgan fingerprint density at radius 1 is 0.486 bits per heavy atom. The van der Waals surface area contributed by atoms with Crippen molar-refractivity contribution in [1.82, 2.24) is 30.7 Å². The van der Waals surface area contributed by atoms with Crippen molar-refractivity contribution >= 4 is 0 Å². The predicted molar refractivity (Wildman–Crippen MR) is 305 cm³/mol. The number of ether oxygens (including phenoxy) is 3. The molecule has 0 unspecified atom stereocenters. The standard InChI is InChI=1S/C22H23N.C14H15N.C6H13NO.C6H15N.C5H11NO.C5H11N.C4H9NO/c1-4-10-20(11-5-1)16-17-23(18-21-12-6-2-7-13-21)19-22-14-8-3-9-15-22;1-3-7-13(8-4-1)11-15-12-14-9-5-2-6-10-14;1-2-7-3-5-8-6-4-7;1-2-3-4-5-6-7;1-6-2-4-7-5-3-6;1-2-4-6-5-3-1;1-3-6-4-2-5-1/h1-15H,16-19H2;1-10,15H,11-12H2;2-6H2,1H3;2-7H2,1H3;2-5H2,1H3;6H,1-5H2;5H,1-4H2. The molecule has 5 aromatic carbocycles. The van der Waals surface area contributed by atoms with Gasteiger partial charge in [-0.2, -0.15) is 0 Å². The van der Waals surface area contributed by atoms with Crippen molar-refractivity contribution in [3.63, 3.8) is 0 Å². The van der Waals surface area contributed by atoms with Crippen LogP contribution in [0.2, 0.25) is 0 Å². The maximum Gasteiger partial charge on any atom is 0.0594 e. The van der Waals surface area contributed by atoms with Gasteiger partial charge in [0.05, 0.1) is 39.6 Å². The smallest absolute Gasteiger partial charge is 0.0594 e. The highest BCUT2D eigenvalue weighted by Crippen LogP contribution is 2.12. The molecule has 5 aromatic rings. The normalized spacial score (nSPS) is 15.6. The number of benzene rings is 5. The van der Waals surface area contributed by atoms with Crippen LogP contribution in [0.4, 0.5) is 0 Å². The lowest BCUT2D eigenvalue weighted by atomic mass is 10.1. The fourth-order valence-electron chi connectivity index (χ4n) is 7.83. The summed E-state index contributed by atoms with van der Waals surface area (Å²) < 4.78 is 15.3. The van der Waals surface area contributed by atoms with Gasteiger partial charge in [0, 0.05) is 72.0 Å². The van der Waals surface area contributed by atoms with E-state index in [1.807, 2.05) is 12.1 Å². The second-order valence-corrected chi connectivity index (χ2v) is 18.5. The summed E-state index contributed by atoms with van der Waals surface area (Å²) in [5, 5.41) is 9.86. The van der Waals surface area contributed by atoms with E-state index in [1.54, 1.807) is 0 Å². The third kappa shape index (κ3) is 35.0. The topological polar surface area (TPSA) is 99.5 Å². The van der Waals surface area contributed by atoms with Gasteiger partial charge in [-0.15, -0.1) is 0 Å². The SMILES string of the molecule is C1CCNCC1.C1COCCN1.CCCCCCN.CCN1CCOCC1.CN1CCOCC1.c1ccc(CCN(Cc2ccccc2)Cc2ccccc2)cc1.c1ccc(CNCc2ccccc2)cc1. The maximum atomic E-state index is 5.27. The fraction of sp³-hybridized carbons (Fsp3) is 0.516. The fourth-order valence-corrected chi connectivity index (χ4v) is 7.83. The zero-order valence-electron chi connectivity index (χ0n) is 45.1. The molecular formula is C62H97N7O3. The molecule has 0 radical (unpaired) electrons. The van der Waals surface area contributed by atoms with E-state index >= 15 is 0 Å². The summed E-state index contributed by atoms with van der Waals surface area (Å²) >= 11 is 0. The van der Waals surface area contributed by atoms with Gasteiger partial charge in [-0.3, -0.25) is 9.80 Å². The second-order valence-electron chi connectivity index (χ2n) is 18.5. The molecule has 4 aliphatic heterocycles. The largest absolute Gasteiger partial charge is 0.379 e. The Morgan fingerprint density at radius 2 is 0.903 bits per heavy atom.